The molecule has 25 heavy (non-hydrogen) atoms. The number of amides is 3. The van der Waals surface area contributed by atoms with Crippen LogP contribution in [0.5, 0.6) is 0 Å². The number of nitrogens with one attached hydrogen (secondary N) is 1. The van der Waals surface area contributed by atoms with Crippen LogP contribution in [0.4, 0.5) is 10.5 Å². The zero-order valence-electron chi connectivity index (χ0n) is 13.8. The lowest BCUT2D eigenvalue weighted by Gasteiger charge is -2.35. The van der Waals surface area contributed by atoms with Crippen LogP contribution in [0, 0.1) is 0 Å². The number of fused-ring (bicyclic) bond motifs is 5. The number of imide groups is 1. The number of hydrogen-bond donors (Lipinski definition) is 1. The predicted molar refractivity (Wildman–Crippen MR) is 95.4 cm³/mol. The Bertz CT molecular complexity index is 1020. The first-order valence-corrected chi connectivity index (χ1v) is 8.43. The zero-order chi connectivity index (χ0) is 17.2. The molecule has 2 aromatic carbocycles. The van der Waals surface area contributed by atoms with Crippen LogP contribution in [-0.4, -0.2) is 28.4 Å². The van der Waals surface area contributed by atoms with Crippen molar-refractivity contribution in [1.29, 1.82) is 0 Å². The van der Waals surface area contributed by atoms with Gasteiger partial charge in [-0.05, 0) is 37.1 Å². The number of para-hydroxylation sites is 2. The van der Waals surface area contributed by atoms with Gasteiger partial charge in [0.25, 0.3) is 5.91 Å². The van der Waals surface area contributed by atoms with E-state index in [0.29, 0.717) is 12.2 Å². The first-order valence-electron chi connectivity index (χ1n) is 8.43. The van der Waals surface area contributed by atoms with E-state index in [1.807, 2.05) is 43.3 Å². The van der Waals surface area contributed by atoms with Crippen LogP contribution in [0.3, 0.4) is 0 Å². The highest BCUT2D eigenvalue weighted by atomic mass is 16.2. The Balaban J connectivity index is 1.72. The third kappa shape index (κ3) is 1.67. The van der Waals surface area contributed by atoms with Crippen molar-refractivity contribution in [3.8, 4) is 0 Å². The van der Waals surface area contributed by atoms with Gasteiger partial charge >= 0.3 is 6.03 Å². The lowest BCUT2D eigenvalue weighted by atomic mass is 9.87. The molecule has 5 heteroatoms. The monoisotopic (exact) mass is 331 g/mol. The molecule has 3 aromatic rings. The van der Waals surface area contributed by atoms with Crippen molar-refractivity contribution in [2.45, 2.75) is 18.9 Å². The van der Waals surface area contributed by atoms with E-state index in [9.17, 15) is 9.59 Å². The van der Waals surface area contributed by atoms with Crippen LogP contribution in [0.15, 0.2) is 54.6 Å². The fourth-order valence-electron chi connectivity index (χ4n) is 4.20. The topological polar surface area (TPSA) is 56.4 Å². The molecule has 1 atom stereocenters. The number of H-pyrrole nitrogens is 1. The molecule has 1 aromatic heterocycles. The quantitative estimate of drug-likeness (QED) is 0.695. The summed E-state index contributed by atoms with van der Waals surface area (Å²) in [4.78, 5) is 32.8. The Kier molecular flexibility index (Phi) is 2.70. The summed E-state index contributed by atoms with van der Waals surface area (Å²) in [5.41, 5.74) is 2.63. The lowest BCUT2D eigenvalue weighted by Crippen LogP contribution is -2.49. The molecule has 2 aliphatic heterocycles. The number of anilines is 1. The SMILES string of the molecule is CC12C(=O)N(c3ccccc3)C(=O)N1CCc1c2[nH]c2ccccc12. The van der Waals surface area contributed by atoms with E-state index in [4.69, 9.17) is 0 Å². The van der Waals surface area contributed by atoms with Crippen LogP contribution in [-0.2, 0) is 16.8 Å². The molecule has 3 amide bonds. The van der Waals surface area contributed by atoms with E-state index >= 15 is 0 Å². The number of aromatic amines is 1. The van der Waals surface area contributed by atoms with Gasteiger partial charge in [0.15, 0.2) is 5.54 Å². The molecule has 124 valence electrons. The van der Waals surface area contributed by atoms with Gasteiger partial charge in [-0.3, -0.25) is 4.79 Å². The number of carbonyl (C=O) groups is 2. The van der Waals surface area contributed by atoms with Crippen molar-refractivity contribution < 1.29 is 9.59 Å². The lowest BCUT2D eigenvalue weighted by molar-refractivity contribution is -0.125. The second kappa shape index (κ2) is 4.72. The average molecular weight is 331 g/mol. The summed E-state index contributed by atoms with van der Waals surface area (Å²) in [6.07, 6.45) is 0.747. The number of aromatic nitrogens is 1. The third-order valence-electron chi connectivity index (χ3n) is 5.48. The van der Waals surface area contributed by atoms with Gasteiger partial charge in [-0.25, -0.2) is 9.69 Å². The molecule has 1 fully saturated rings. The summed E-state index contributed by atoms with van der Waals surface area (Å²) >= 11 is 0. The summed E-state index contributed by atoms with van der Waals surface area (Å²) in [5.74, 6) is -0.198. The maximum absolute atomic E-state index is 13.4. The van der Waals surface area contributed by atoms with Gasteiger partial charge in [0.1, 0.15) is 0 Å². The number of hydrogen-bond acceptors (Lipinski definition) is 2. The van der Waals surface area contributed by atoms with E-state index in [-0.39, 0.29) is 11.9 Å². The average Bonchev–Trinajstić information content (AvgIpc) is 3.11. The van der Waals surface area contributed by atoms with Crippen molar-refractivity contribution in [3.63, 3.8) is 0 Å². The molecule has 0 spiro atoms. The predicted octanol–water partition coefficient (Wildman–Crippen LogP) is 3.41. The molecule has 0 bridgehead atoms. The van der Waals surface area contributed by atoms with Crippen molar-refractivity contribution in [1.82, 2.24) is 9.88 Å². The van der Waals surface area contributed by atoms with Gasteiger partial charge in [0, 0.05) is 17.4 Å². The molecule has 1 N–H and O–H groups in total. The highest BCUT2D eigenvalue weighted by molar-refractivity contribution is 6.23. The normalized spacial score (nSPS) is 22.4. The smallest absolute Gasteiger partial charge is 0.332 e. The van der Waals surface area contributed by atoms with Crippen molar-refractivity contribution in [2.24, 2.45) is 0 Å². The molecule has 0 aliphatic carbocycles. The summed E-state index contributed by atoms with van der Waals surface area (Å²) in [6.45, 7) is 2.39. The molecule has 1 saturated heterocycles. The molecule has 5 nitrogen and oxygen atoms in total. The van der Waals surface area contributed by atoms with Gasteiger partial charge in [0.05, 0.1) is 11.4 Å². The Labute approximate surface area is 144 Å². The minimum absolute atomic E-state index is 0.198. The maximum atomic E-state index is 13.4. The zero-order valence-corrected chi connectivity index (χ0v) is 13.8. The number of carbonyl (C=O) groups excluding carboxylic acids is 2. The molecule has 1 unspecified atom stereocenters. The minimum Gasteiger partial charge on any atom is -0.356 e. The number of urea groups is 1. The summed E-state index contributed by atoms with van der Waals surface area (Å²) in [6, 6.07) is 17.0. The van der Waals surface area contributed by atoms with E-state index < -0.39 is 5.54 Å². The van der Waals surface area contributed by atoms with Crippen LogP contribution < -0.4 is 4.90 Å². The highest BCUT2D eigenvalue weighted by Gasteiger charge is 2.58. The second-order valence-corrected chi connectivity index (χ2v) is 6.76. The van der Waals surface area contributed by atoms with Crippen molar-refractivity contribution in [3.05, 3.63) is 65.9 Å². The Morgan fingerprint density at radius 1 is 1.00 bits per heavy atom. The summed E-state index contributed by atoms with van der Waals surface area (Å²) in [5, 5.41) is 1.14. The molecule has 0 radical (unpaired) electrons. The minimum atomic E-state index is -0.987. The highest BCUT2D eigenvalue weighted by Crippen LogP contribution is 2.45. The van der Waals surface area contributed by atoms with Gasteiger partial charge in [-0.2, -0.15) is 0 Å². The molecule has 3 heterocycles. The van der Waals surface area contributed by atoms with Crippen molar-refractivity contribution >= 4 is 28.5 Å². The van der Waals surface area contributed by atoms with Gasteiger partial charge < -0.3 is 9.88 Å². The number of benzene rings is 2. The third-order valence-corrected chi connectivity index (χ3v) is 5.48. The molecular weight excluding hydrogens is 314 g/mol. The van der Waals surface area contributed by atoms with E-state index in [2.05, 4.69) is 11.1 Å². The first kappa shape index (κ1) is 14.3. The number of rotatable bonds is 1. The Morgan fingerprint density at radius 2 is 1.72 bits per heavy atom. The van der Waals surface area contributed by atoms with Crippen LogP contribution in [0.1, 0.15) is 18.2 Å². The first-order chi connectivity index (χ1) is 12.1. The largest absolute Gasteiger partial charge is 0.356 e. The summed E-state index contributed by atoms with van der Waals surface area (Å²) in [7, 11) is 0. The molecule has 0 saturated carbocycles. The van der Waals surface area contributed by atoms with Crippen LogP contribution >= 0.6 is 0 Å². The molecule has 2 aliphatic rings. The fraction of sp³-hybridized carbons (Fsp3) is 0.200. The van der Waals surface area contributed by atoms with Gasteiger partial charge in [-0.1, -0.05) is 36.4 Å². The maximum Gasteiger partial charge on any atom is 0.332 e. The van der Waals surface area contributed by atoms with Crippen LogP contribution in [0.25, 0.3) is 10.9 Å². The molecular formula is C20H17N3O2. The molecule has 5 rings (SSSR count). The Morgan fingerprint density at radius 3 is 2.52 bits per heavy atom. The number of nitrogens with zero attached hydrogens (tertiary/aromatic N) is 2. The van der Waals surface area contributed by atoms with E-state index in [1.165, 1.54) is 4.90 Å². The van der Waals surface area contributed by atoms with Gasteiger partial charge in [0.2, 0.25) is 0 Å². The fourth-order valence-corrected chi connectivity index (χ4v) is 4.20. The van der Waals surface area contributed by atoms with Gasteiger partial charge in [-0.15, -0.1) is 0 Å². The van der Waals surface area contributed by atoms with E-state index in [1.54, 1.807) is 17.0 Å². The Hall–Kier alpha value is -3.08. The standard InChI is InChI=1S/C20H17N3O2/c1-20-17-15(14-9-5-6-10-16(14)21-17)11-12-22(20)19(25)23(18(20)24)13-7-3-2-4-8-13/h2-10,21H,11-12H2,1H3. The summed E-state index contributed by atoms with van der Waals surface area (Å²) < 4.78 is 0. The second-order valence-electron chi connectivity index (χ2n) is 6.76. The van der Waals surface area contributed by atoms with Crippen molar-refractivity contribution in [2.75, 3.05) is 11.4 Å². The van der Waals surface area contributed by atoms with E-state index in [0.717, 1.165) is 28.6 Å². The van der Waals surface area contributed by atoms with Crippen LogP contribution in [0.2, 0.25) is 0 Å².